The Hall–Kier alpha value is -2.88. The largest absolute Gasteiger partial charge is 0.408 e. The van der Waals surface area contributed by atoms with E-state index < -0.39 is 0 Å². The molecule has 2 aromatic rings. The second-order valence-corrected chi connectivity index (χ2v) is 8.82. The first-order chi connectivity index (χ1) is 14.1. The van der Waals surface area contributed by atoms with E-state index >= 15 is 0 Å². The van der Waals surface area contributed by atoms with Gasteiger partial charge in [0.25, 0.3) is 0 Å². The van der Waals surface area contributed by atoms with E-state index in [1.54, 1.807) is 0 Å². The zero-order valence-electron chi connectivity index (χ0n) is 16.6. The van der Waals surface area contributed by atoms with Crippen LogP contribution in [0.1, 0.15) is 67.9 Å². The molecule has 1 aromatic carbocycles. The van der Waals surface area contributed by atoms with Crippen LogP contribution in [-0.4, -0.2) is 40.1 Å². The molecule has 7 heteroatoms. The third-order valence-electron chi connectivity index (χ3n) is 6.82. The summed E-state index contributed by atoms with van der Waals surface area (Å²) >= 11 is 0. The molecule has 0 radical (unpaired) electrons. The number of piperidine rings is 1. The lowest BCUT2D eigenvalue weighted by molar-refractivity contribution is -0.133. The molecule has 3 aliphatic rings. The molecule has 29 heavy (non-hydrogen) atoms. The lowest BCUT2D eigenvalue weighted by Crippen LogP contribution is -2.45. The summed E-state index contributed by atoms with van der Waals surface area (Å²) in [4.78, 5) is 14.7. The summed E-state index contributed by atoms with van der Waals surface area (Å²) in [6.07, 6.45) is 5.89. The smallest absolute Gasteiger partial charge is 0.316 e. The van der Waals surface area contributed by atoms with Gasteiger partial charge in [-0.15, -0.1) is 5.10 Å². The average Bonchev–Trinajstić information content (AvgIpc) is 3.67. The number of nitriles is 1. The summed E-state index contributed by atoms with van der Waals surface area (Å²) in [6, 6.07) is 9.72. The van der Waals surface area contributed by atoms with Crippen LogP contribution >= 0.6 is 0 Å². The number of rotatable bonds is 5. The van der Waals surface area contributed by atoms with Crippen LogP contribution in [0.2, 0.25) is 0 Å². The Balaban J connectivity index is 1.16. The van der Waals surface area contributed by atoms with Crippen LogP contribution in [0.5, 0.6) is 0 Å². The van der Waals surface area contributed by atoms with Crippen molar-refractivity contribution in [1.29, 1.82) is 5.26 Å². The minimum Gasteiger partial charge on any atom is -0.408 e. The predicted octanol–water partition coefficient (Wildman–Crippen LogP) is 3.42. The quantitative estimate of drug-likeness (QED) is 0.839. The van der Waals surface area contributed by atoms with Gasteiger partial charge in [0.05, 0.1) is 11.6 Å². The minimum atomic E-state index is -0.384. The Morgan fingerprint density at radius 1 is 1.21 bits per heavy atom. The van der Waals surface area contributed by atoms with Crippen LogP contribution in [-0.2, 0) is 4.79 Å². The summed E-state index contributed by atoms with van der Waals surface area (Å²) in [6.45, 7) is 3.56. The van der Waals surface area contributed by atoms with E-state index in [0.717, 1.165) is 32.4 Å². The fourth-order valence-corrected chi connectivity index (χ4v) is 4.48. The number of nitrogens with one attached hydrogen (secondary N) is 1. The van der Waals surface area contributed by atoms with Gasteiger partial charge in [-0.2, -0.15) is 5.26 Å². The van der Waals surface area contributed by atoms with E-state index in [1.165, 1.54) is 18.4 Å². The molecule has 1 amide bonds. The first-order valence-electron chi connectivity index (χ1n) is 10.5. The number of carbonyl (C=O) groups is 1. The van der Waals surface area contributed by atoms with E-state index in [-0.39, 0.29) is 17.9 Å². The second kappa shape index (κ2) is 6.87. The van der Waals surface area contributed by atoms with E-state index in [0.29, 0.717) is 28.8 Å². The van der Waals surface area contributed by atoms with Crippen LogP contribution in [0.4, 0.5) is 6.01 Å². The fraction of sp³-hybridized carbons (Fsp3) is 0.545. The summed E-state index contributed by atoms with van der Waals surface area (Å²) < 4.78 is 5.80. The molecule has 0 unspecified atom stereocenters. The van der Waals surface area contributed by atoms with Crippen molar-refractivity contribution in [2.75, 3.05) is 18.4 Å². The Morgan fingerprint density at radius 2 is 1.93 bits per heavy atom. The number of hydrogen-bond donors (Lipinski definition) is 1. The monoisotopic (exact) mass is 391 g/mol. The van der Waals surface area contributed by atoms with E-state index in [9.17, 15) is 4.79 Å². The summed E-state index contributed by atoms with van der Waals surface area (Å²) in [5.41, 5.74) is 2.41. The van der Waals surface area contributed by atoms with Crippen molar-refractivity contribution in [2.24, 2.45) is 5.41 Å². The first kappa shape index (κ1) is 18.2. The number of carbonyl (C=O) groups excluding carboxylic acids is 1. The normalized spacial score (nSPS) is 25.3. The molecule has 0 bridgehead atoms. The first-order valence-corrected chi connectivity index (χ1v) is 10.5. The Bertz CT molecular complexity index is 946. The number of likely N-dealkylation sites (tertiary alicyclic amines) is 1. The van der Waals surface area contributed by atoms with Gasteiger partial charge in [0, 0.05) is 19.0 Å². The van der Waals surface area contributed by atoms with Crippen LogP contribution < -0.4 is 5.32 Å². The van der Waals surface area contributed by atoms with Gasteiger partial charge in [0.2, 0.25) is 11.8 Å². The maximum Gasteiger partial charge on any atom is 0.316 e. The van der Waals surface area contributed by atoms with Crippen LogP contribution in [0, 0.1) is 16.7 Å². The minimum absolute atomic E-state index is 0.0992. The van der Waals surface area contributed by atoms with Gasteiger partial charge >= 0.3 is 6.01 Å². The third-order valence-corrected chi connectivity index (χ3v) is 6.82. The molecule has 1 N–H and O–H groups in total. The lowest BCUT2D eigenvalue weighted by atomic mass is 9.93. The topological polar surface area (TPSA) is 95.0 Å². The van der Waals surface area contributed by atoms with Gasteiger partial charge in [0.1, 0.15) is 6.04 Å². The number of aromatic nitrogens is 2. The summed E-state index contributed by atoms with van der Waals surface area (Å²) in [5.74, 6) is 1.25. The van der Waals surface area contributed by atoms with Gasteiger partial charge in [-0.1, -0.05) is 17.2 Å². The SMILES string of the molecule is C[C@@H](Nc1nnc([C@H]2C[C@@H]2c2ccc(C#N)cc2)o1)C(=O)N1CCC2(CC1)CC2. The Kier molecular flexibility index (Phi) is 4.30. The molecular formula is C22H25N5O2. The molecule has 2 aliphatic carbocycles. The van der Waals surface area contributed by atoms with Crippen molar-refractivity contribution >= 4 is 11.9 Å². The average molecular weight is 391 g/mol. The Labute approximate surface area is 170 Å². The summed E-state index contributed by atoms with van der Waals surface area (Å²) in [7, 11) is 0. The molecule has 3 fully saturated rings. The van der Waals surface area contributed by atoms with Crippen molar-refractivity contribution < 1.29 is 9.21 Å². The van der Waals surface area contributed by atoms with Gasteiger partial charge in [-0.25, -0.2) is 0 Å². The molecule has 3 atom stereocenters. The highest BCUT2D eigenvalue weighted by Crippen LogP contribution is 2.54. The van der Waals surface area contributed by atoms with Gasteiger partial charge < -0.3 is 14.6 Å². The highest BCUT2D eigenvalue weighted by atomic mass is 16.4. The molecule has 1 saturated heterocycles. The zero-order valence-corrected chi connectivity index (χ0v) is 16.6. The molecule has 5 rings (SSSR count). The highest BCUT2D eigenvalue weighted by Gasteiger charge is 2.46. The molecule has 7 nitrogen and oxygen atoms in total. The molecule has 1 aromatic heterocycles. The van der Waals surface area contributed by atoms with Crippen molar-refractivity contribution in [3.63, 3.8) is 0 Å². The van der Waals surface area contributed by atoms with Gasteiger partial charge in [-0.3, -0.25) is 4.79 Å². The van der Waals surface area contributed by atoms with Gasteiger partial charge in [0.15, 0.2) is 0 Å². The standard InChI is InChI=1S/C22H25N5O2/c1-14(20(28)27-10-8-22(6-7-22)9-11-27)24-21-26-25-19(29-21)18-12-17(18)16-4-2-15(13-23)3-5-16/h2-5,14,17-18H,6-12H2,1H3,(H,24,26)/t14-,17-,18+/m1/s1. The molecule has 2 saturated carbocycles. The van der Waals surface area contributed by atoms with Crippen molar-refractivity contribution in [3.05, 3.63) is 41.3 Å². The number of nitrogens with zero attached hydrogens (tertiary/aromatic N) is 4. The van der Waals surface area contributed by atoms with Crippen molar-refractivity contribution in [1.82, 2.24) is 15.1 Å². The van der Waals surface area contributed by atoms with E-state index in [1.807, 2.05) is 36.1 Å². The fourth-order valence-electron chi connectivity index (χ4n) is 4.48. The lowest BCUT2D eigenvalue weighted by Gasteiger charge is -2.33. The number of hydrogen-bond acceptors (Lipinski definition) is 6. The number of amides is 1. The highest BCUT2D eigenvalue weighted by molar-refractivity contribution is 5.83. The maximum absolute atomic E-state index is 12.7. The second-order valence-electron chi connectivity index (χ2n) is 8.82. The molecule has 2 heterocycles. The summed E-state index contributed by atoms with van der Waals surface area (Å²) in [5, 5.41) is 20.3. The number of anilines is 1. The predicted molar refractivity (Wildman–Crippen MR) is 106 cm³/mol. The van der Waals surface area contributed by atoms with Crippen molar-refractivity contribution in [3.8, 4) is 6.07 Å². The third kappa shape index (κ3) is 3.59. The maximum atomic E-state index is 12.7. The molecule has 1 spiro atoms. The molecule has 150 valence electrons. The van der Waals surface area contributed by atoms with E-state index in [2.05, 4.69) is 21.6 Å². The van der Waals surface area contributed by atoms with Crippen LogP contribution in [0.25, 0.3) is 0 Å². The van der Waals surface area contributed by atoms with Crippen LogP contribution in [0.15, 0.2) is 28.7 Å². The zero-order chi connectivity index (χ0) is 20.0. The van der Waals surface area contributed by atoms with Crippen LogP contribution in [0.3, 0.4) is 0 Å². The van der Waals surface area contributed by atoms with E-state index in [4.69, 9.17) is 9.68 Å². The number of benzene rings is 1. The van der Waals surface area contributed by atoms with Gasteiger partial charge in [-0.05, 0) is 68.1 Å². The van der Waals surface area contributed by atoms with Crippen molar-refractivity contribution in [2.45, 2.75) is 56.9 Å². The molecule has 1 aliphatic heterocycles. The Morgan fingerprint density at radius 3 is 2.59 bits per heavy atom. The molecular weight excluding hydrogens is 366 g/mol.